The molecule has 0 saturated heterocycles. The molecular formula is C17H26ClNO3. The number of amides is 1. The molecule has 0 heterocycles. The van der Waals surface area contributed by atoms with Crippen molar-refractivity contribution in [2.45, 2.75) is 69.7 Å². The molecule has 4 bridgehead atoms. The molecule has 1 N–H and O–H groups in total. The van der Waals surface area contributed by atoms with Gasteiger partial charge in [0.15, 0.2) is 6.61 Å². The number of alkyl halides is 1. The third-order valence-electron chi connectivity index (χ3n) is 5.27. The molecule has 124 valence electrons. The van der Waals surface area contributed by atoms with Crippen LogP contribution in [0.1, 0.15) is 59.3 Å². The first-order valence-corrected chi connectivity index (χ1v) is 8.64. The molecular weight excluding hydrogens is 302 g/mol. The second kappa shape index (κ2) is 5.12. The van der Waals surface area contributed by atoms with Crippen LogP contribution >= 0.6 is 11.6 Å². The van der Waals surface area contributed by atoms with Crippen LogP contribution in [0.5, 0.6) is 0 Å². The number of carbonyl (C=O) groups is 2. The van der Waals surface area contributed by atoms with Crippen LogP contribution in [0.4, 0.5) is 0 Å². The molecule has 4 fully saturated rings. The van der Waals surface area contributed by atoms with Gasteiger partial charge in [-0.15, -0.1) is 11.6 Å². The normalized spacial score (nSPS) is 39.6. The highest BCUT2D eigenvalue weighted by atomic mass is 35.5. The predicted octanol–water partition coefficient (Wildman–Crippen LogP) is 3.02. The fourth-order valence-corrected chi connectivity index (χ4v) is 5.82. The molecule has 0 aromatic carbocycles. The lowest BCUT2D eigenvalue weighted by atomic mass is 9.49. The van der Waals surface area contributed by atoms with Gasteiger partial charge in [-0.25, -0.2) is 0 Å². The Morgan fingerprint density at radius 3 is 2.27 bits per heavy atom. The van der Waals surface area contributed by atoms with E-state index in [1.807, 2.05) is 20.8 Å². The largest absolute Gasteiger partial charge is 0.455 e. The van der Waals surface area contributed by atoms with Crippen molar-refractivity contribution in [2.24, 2.45) is 17.3 Å². The minimum atomic E-state index is -0.437. The predicted molar refractivity (Wildman–Crippen MR) is 84.6 cm³/mol. The SMILES string of the molecule is CC(C)(C)NC(=O)COC(=O)C12C[C@@H]3C[C@H](CC(Cl)(C3)C1)C2. The van der Waals surface area contributed by atoms with Gasteiger partial charge < -0.3 is 10.1 Å². The maximum Gasteiger partial charge on any atom is 0.312 e. The third-order valence-corrected chi connectivity index (χ3v) is 5.71. The number of hydrogen-bond donors (Lipinski definition) is 1. The van der Waals surface area contributed by atoms with Gasteiger partial charge in [0.1, 0.15) is 0 Å². The summed E-state index contributed by atoms with van der Waals surface area (Å²) in [5.74, 6) is 0.645. The van der Waals surface area contributed by atoms with E-state index < -0.39 is 5.41 Å². The van der Waals surface area contributed by atoms with Gasteiger partial charge in [0, 0.05) is 10.4 Å². The van der Waals surface area contributed by atoms with Gasteiger partial charge >= 0.3 is 5.97 Å². The highest BCUT2D eigenvalue weighted by Gasteiger charge is 2.60. The quantitative estimate of drug-likeness (QED) is 0.640. The van der Waals surface area contributed by atoms with Crippen molar-refractivity contribution in [2.75, 3.05) is 6.61 Å². The summed E-state index contributed by atoms with van der Waals surface area (Å²) in [7, 11) is 0. The Kier molecular flexibility index (Phi) is 3.75. The molecule has 4 saturated carbocycles. The van der Waals surface area contributed by atoms with Crippen LogP contribution in [0.15, 0.2) is 0 Å². The summed E-state index contributed by atoms with van der Waals surface area (Å²) in [6.45, 7) is 5.53. The molecule has 22 heavy (non-hydrogen) atoms. The zero-order valence-electron chi connectivity index (χ0n) is 13.7. The molecule has 0 aliphatic heterocycles. The molecule has 4 rings (SSSR count). The molecule has 4 nitrogen and oxygen atoms in total. The number of carbonyl (C=O) groups excluding carboxylic acids is 2. The Morgan fingerprint density at radius 1 is 1.18 bits per heavy atom. The Bertz CT molecular complexity index is 483. The van der Waals surface area contributed by atoms with Crippen LogP contribution in [0, 0.1) is 17.3 Å². The van der Waals surface area contributed by atoms with E-state index in [-0.39, 0.29) is 28.9 Å². The Hall–Kier alpha value is -0.770. The number of rotatable bonds is 3. The Labute approximate surface area is 137 Å². The van der Waals surface area contributed by atoms with E-state index in [0.29, 0.717) is 18.3 Å². The lowest BCUT2D eigenvalue weighted by molar-refractivity contribution is -0.172. The maximum atomic E-state index is 12.6. The molecule has 0 spiro atoms. The molecule has 0 radical (unpaired) electrons. The molecule has 0 aromatic heterocycles. The van der Waals surface area contributed by atoms with Gasteiger partial charge in [-0.3, -0.25) is 9.59 Å². The average molecular weight is 328 g/mol. The zero-order chi connectivity index (χ0) is 16.2. The molecule has 4 aliphatic rings. The van der Waals surface area contributed by atoms with Crippen molar-refractivity contribution < 1.29 is 14.3 Å². The molecule has 1 amide bonds. The Balaban J connectivity index is 1.62. The van der Waals surface area contributed by atoms with E-state index in [9.17, 15) is 9.59 Å². The second-order valence-corrected chi connectivity index (χ2v) is 9.57. The van der Waals surface area contributed by atoms with E-state index in [2.05, 4.69) is 5.32 Å². The highest BCUT2D eigenvalue weighted by Crippen LogP contribution is 2.64. The van der Waals surface area contributed by atoms with Crippen LogP contribution in [0.25, 0.3) is 0 Å². The van der Waals surface area contributed by atoms with Gasteiger partial charge in [-0.1, -0.05) is 0 Å². The van der Waals surface area contributed by atoms with Gasteiger partial charge in [-0.2, -0.15) is 0 Å². The van der Waals surface area contributed by atoms with E-state index >= 15 is 0 Å². The first-order valence-electron chi connectivity index (χ1n) is 8.26. The monoisotopic (exact) mass is 327 g/mol. The number of nitrogens with one attached hydrogen (secondary N) is 1. The maximum absolute atomic E-state index is 12.6. The van der Waals surface area contributed by atoms with E-state index in [0.717, 1.165) is 25.7 Å². The first kappa shape index (κ1) is 16.1. The fraction of sp³-hybridized carbons (Fsp3) is 0.882. The summed E-state index contributed by atoms with van der Waals surface area (Å²) in [6, 6.07) is 0. The van der Waals surface area contributed by atoms with Crippen molar-refractivity contribution >= 4 is 23.5 Å². The summed E-state index contributed by atoms with van der Waals surface area (Å²) in [5.41, 5.74) is -0.752. The molecule has 0 unspecified atom stereocenters. The topological polar surface area (TPSA) is 55.4 Å². The number of halogens is 1. The molecule has 4 aliphatic carbocycles. The van der Waals surface area contributed by atoms with Crippen LogP contribution < -0.4 is 5.32 Å². The van der Waals surface area contributed by atoms with Crippen molar-refractivity contribution in [3.8, 4) is 0 Å². The zero-order valence-corrected chi connectivity index (χ0v) is 14.5. The van der Waals surface area contributed by atoms with Crippen LogP contribution in [0.2, 0.25) is 0 Å². The number of esters is 1. The lowest BCUT2D eigenvalue weighted by Crippen LogP contribution is -2.56. The second-order valence-electron chi connectivity index (χ2n) is 8.77. The average Bonchev–Trinajstić information content (AvgIpc) is 2.30. The number of hydrogen-bond acceptors (Lipinski definition) is 3. The van der Waals surface area contributed by atoms with E-state index in [1.54, 1.807) is 0 Å². The summed E-state index contributed by atoms with van der Waals surface area (Å²) in [6.07, 6.45) is 5.76. The first-order chi connectivity index (χ1) is 10.1. The van der Waals surface area contributed by atoms with Gasteiger partial charge in [0.25, 0.3) is 5.91 Å². The van der Waals surface area contributed by atoms with Crippen molar-refractivity contribution in [1.82, 2.24) is 5.32 Å². The van der Waals surface area contributed by atoms with Gasteiger partial charge in [-0.05, 0) is 71.1 Å². The highest BCUT2D eigenvalue weighted by molar-refractivity contribution is 6.24. The van der Waals surface area contributed by atoms with Crippen molar-refractivity contribution in [3.05, 3.63) is 0 Å². The number of ether oxygens (including phenoxy) is 1. The van der Waals surface area contributed by atoms with Crippen molar-refractivity contribution in [1.29, 1.82) is 0 Å². The summed E-state index contributed by atoms with van der Waals surface area (Å²) in [5, 5.41) is 2.81. The van der Waals surface area contributed by atoms with Gasteiger partial charge in [0.05, 0.1) is 5.41 Å². The molecule has 2 atom stereocenters. The summed E-state index contributed by atoms with van der Waals surface area (Å²) >= 11 is 6.73. The molecule has 0 aromatic rings. The molecule has 5 heteroatoms. The van der Waals surface area contributed by atoms with Crippen LogP contribution in [-0.4, -0.2) is 28.9 Å². The summed E-state index contributed by atoms with van der Waals surface area (Å²) < 4.78 is 5.37. The third kappa shape index (κ3) is 3.12. The van der Waals surface area contributed by atoms with Gasteiger partial charge in [0.2, 0.25) is 0 Å². The minimum absolute atomic E-state index is 0.192. The fourth-order valence-electron chi connectivity index (χ4n) is 5.13. The Morgan fingerprint density at radius 2 is 1.77 bits per heavy atom. The van der Waals surface area contributed by atoms with E-state index in [4.69, 9.17) is 16.3 Å². The minimum Gasteiger partial charge on any atom is -0.455 e. The smallest absolute Gasteiger partial charge is 0.312 e. The van der Waals surface area contributed by atoms with Crippen LogP contribution in [-0.2, 0) is 14.3 Å². The van der Waals surface area contributed by atoms with Crippen LogP contribution in [0.3, 0.4) is 0 Å². The standard InChI is InChI=1S/C17H26ClNO3/c1-15(2,3)19-13(20)9-22-14(21)16-5-11-4-12(6-16)8-17(18,7-11)10-16/h11-12H,4-10H2,1-3H3,(H,19,20)/t11-,12-,16?,17?/m0/s1. The lowest BCUT2D eigenvalue weighted by Gasteiger charge is -2.58. The summed E-state index contributed by atoms with van der Waals surface area (Å²) in [4.78, 5) is 24.3. The van der Waals surface area contributed by atoms with Crippen molar-refractivity contribution in [3.63, 3.8) is 0 Å². The van der Waals surface area contributed by atoms with E-state index in [1.165, 1.54) is 6.42 Å².